The number of para-hydroxylation sites is 1. The van der Waals surface area contributed by atoms with Crippen molar-refractivity contribution in [2.24, 2.45) is 0 Å². The average molecular weight is 361 g/mol. The lowest BCUT2D eigenvalue weighted by Crippen LogP contribution is -2.43. The minimum absolute atomic E-state index is 0.0894. The summed E-state index contributed by atoms with van der Waals surface area (Å²) >= 11 is 0. The second kappa shape index (κ2) is 8.29. The van der Waals surface area contributed by atoms with Gasteiger partial charge in [-0.25, -0.2) is 0 Å². The maximum absolute atomic E-state index is 12.9. The van der Waals surface area contributed by atoms with Crippen LogP contribution in [0.3, 0.4) is 0 Å². The lowest BCUT2D eigenvalue weighted by molar-refractivity contribution is 0.0162. The first-order valence-corrected chi connectivity index (χ1v) is 9.31. The van der Waals surface area contributed by atoms with Gasteiger partial charge in [0.05, 0.1) is 30.3 Å². The van der Waals surface area contributed by atoms with Gasteiger partial charge in [-0.3, -0.25) is 14.7 Å². The molecule has 1 saturated heterocycles. The molecular formula is C22H23N3O2. The predicted molar refractivity (Wildman–Crippen MR) is 106 cm³/mol. The monoisotopic (exact) mass is 361 g/mol. The number of hydrogen-bond donors (Lipinski definition) is 1. The molecule has 5 nitrogen and oxygen atoms in total. The Labute approximate surface area is 159 Å². The number of pyridine rings is 1. The number of carbonyl (C=O) groups is 1. The van der Waals surface area contributed by atoms with Gasteiger partial charge in [0.15, 0.2) is 0 Å². The van der Waals surface area contributed by atoms with Crippen molar-refractivity contribution in [1.82, 2.24) is 15.2 Å². The number of benzene rings is 2. The molecule has 1 N–H and O–H groups in total. The second-order valence-electron chi connectivity index (χ2n) is 6.67. The zero-order chi connectivity index (χ0) is 18.5. The Morgan fingerprint density at radius 3 is 2.63 bits per heavy atom. The molecule has 5 heteroatoms. The van der Waals surface area contributed by atoms with Gasteiger partial charge in [-0.2, -0.15) is 0 Å². The number of fused-ring (bicyclic) bond motifs is 1. The van der Waals surface area contributed by atoms with Crippen LogP contribution in [0.2, 0.25) is 0 Å². The van der Waals surface area contributed by atoms with E-state index in [4.69, 9.17) is 4.74 Å². The molecule has 0 bridgehead atoms. The van der Waals surface area contributed by atoms with E-state index < -0.39 is 0 Å². The van der Waals surface area contributed by atoms with Gasteiger partial charge in [-0.15, -0.1) is 0 Å². The molecule has 1 fully saturated rings. The van der Waals surface area contributed by atoms with Crippen LogP contribution in [-0.2, 0) is 4.74 Å². The fourth-order valence-electron chi connectivity index (χ4n) is 3.59. The first kappa shape index (κ1) is 17.6. The molecule has 0 spiro atoms. The molecule has 3 aromatic rings. The number of nitrogens with zero attached hydrogens (tertiary/aromatic N) is 2. The molecule has 4 rings (SSSR count). The maximum Gasteiger partial charge on any atom is 0.253 e. The van der Waals surface area contributed by atoms with Crippen LogP contribution in [0.5, 0.6) is 0 Å². The fraction of sp³-hybridized carbons (Fsp3) is 0.273. The van der Waals surface area contributed by atoms with Gasteiger partial charge >= 0.3 is 0 Å². The van der Waals surface area contributed by atoms with Gasteiger partial charge in [-0.1, -0.05) is 48.5 Å². The number of aromatic nitrogens is 1. The molecule has 1 aliphatic heterocycles. The first-order valence-electron chi connectivity index (χ1n) is 9.31. The van der Waals surface area contributed by atoms with Crippen molar-refractivity contribution < 1.29 is 9.53 Å². The standard InChI is InChI=1S/C22H23N3O2/c26-22(19-10-4-8-18-9-5-11-23-21(18)19)24-16-20(17-6-2-1-3-7-17)25-12-14-27-15-13-25/h1-11,20H,12-16H2,(H,24,26). The van der Waals surface area contributed by atoms with E-state index in [1.807, 2.05) is 48.5 Å². The van der Waals surface area contributed by atoms with Gasteiger partial charge < -0.3 is 10.1 Å². The summed E-state index contributed by atoms with van der Waals surface area (Å²) < 4.78 is 5.49. The number of hydrogen-bond acceptors (Lipinski definition) is 4. The molecule has 1 atom stereocenters. The molecule has 1 unspecified atom stereocenters. The normalized spacial score (nSPS) is 16.1. The van der Waals surface area contributed by atoms with Crippen molar-refractivity contribution in [3.8, 4) is 0 Å². The summed E-state index contributed by atoms with van der Waals surface area (Å²) in [4.78, 5) is 19.6. The van der Waals surface area contributed by atoms with Gasteiger partial charge in [-0.05, 0) is 17.7 Å². The summed E-state index contributed by atoms with van der Waals surface area (Å²) in [6, 6.07) is 20.0. The van der Waals surface area contributed by atoms with Gasteiger partial charge in [0.25, 0.3) is 5.91 Å². The van der Waals surface area contributed by atoms with Crippen LogP contribution < -0.4 is 5.32 Å². The quantitative estimate of drug-likeness (QED) is 0.759. The number of carbonyl (C=O) groups excluding carboxylic acids is 1. The Kier molecular flexibility index (Phi) is 5.42. The van der Waals surface area contributed by atoms with E-state index in [1.54, 1.807) is 6.20 Å². The number of rotatable bonds is 5. The molecule has 1 amide bonds. The van der Waals surface area contributed by atoms with Crippen molar-refractivity contribution in [3.63, 3.8) is 0 Å². The number of amides is 1. The molecule has 0 aliphatic carbocycles. The SMILES string of the molecule is O=C(NCC(c1ccccc1)N1CCOCC1)c1cccc2cccnc12. The van der Waals surface area contributed by atoms with Crippen LogP contribution in [0.15, 0.2) is 66.9 Å². The molecule has 2 aromatic carbocycles. The maximum atomic E-state index is 12.9. The minimum Gasteiger partial charge on any atom is -0.379 e. The number of morpholine rings is 1. The molecule has 1 aromatic heterocycles. The lowest BCUT2D eigenvalue weighted by Gasteiger charge is -2.35. The smallest absolute Gasteiger partial charge is 0.253 e. The summed E-state index contributed by atoms with van der Waals surface area (Å²) in [7, 11) is 0. The van der Waals surface area contributed by atoms with Gasteiger partial charge in [0, 0.05) is 31.2 Å². The number of nitrogens with one attached hydrogen (secondary N) is 1. The summed E-state index contributed by atoms with van der Waals surface area (Å²) in [5, 5.41) is 4.10. The fourth-order valence-corrected chi connectivity index (χ4v) is 3.59. The van der Waals surface area contributed by atoms with E-state index in [0.717, 1.165) is 37.2 Å². The zero-order valence-corrected chi connectivity index (χ0v) is 15.2. The summed E-state index contributed by atoms with van der Waals surface area (Å²) in [5.41, 5.74) is 2.55. The molecule has 1 aliphatic rings. The molecule has 0 radical (unpaired) electrons. The Balaban J connectivity index is 1.54. The highest BCUT2D eigenvalue weighted by Gasteiger charge is 2.23. The second-order valence-corrected chi connectivity index (χ2v) is 6.67. The summed E-state index contributed by atoms with van der Waals surface area (Å²) in [5.74, 6) is -0.0894. The highest BCUT2D eigenvalue weighted by atomic mass is 16.5. The van der Waals surface area contributed by atoms with E-state index in [2.05, 4.69) is 27.3 Å². The molecule has 0 saturated carbocycles. The van der Waals surface area contributed by atoms with E-state index >= 15 is 0 Å². The van der Waals surface area contributed by atoms with E-state index in [1.165, 1.54) is 5.56 Å². The van der Waals surface area contributed by atoms with Gasteiger partial charge in [0.1, 0.15) is 0 Å². The predicted octanol–water partition coefficient (Wildman–Crippen LogP) is 3.04. The van der Waals surface area contributed by atoms with Crippen LogP contribution >= 0.6 is 0 Å². The van der Waals surface area contributed by atoms with Gasteiger partial charge in [0.2, 0.25) is 0 Å². The number of ether oxygens (including phenoxy) is 1. The van der Waals surface area contributed by atoms with Crippen LogP contribution in [0, 0.1) is 0 Å². The molecule has 138 valence electrons. The first-order chi connectivity index (χ1) is 13.3. The molecule has 27 heavy (non-hydrogen) atoms. The van der Waals surface area contributed by atoms with Crippen molar-refractivity contribution >= 4 is 16.8 Å². The van der Waals surface area contributed by atoms with Crippen molar-refractivity contribution in [2.75, 3.05) is 32.8 Å². The largest absolute Gasteiger partial charge is 0.379 e. The lowest BCUT2D eigenvalue weighted by atomic mass is 10.0. The molecule has 2 heterocycles. The zero-order valence-electron chi connectivity index (χ0n) is 15.2. The molecular weight excluding hydrogens is 338 g/mol. The van der Waals surface area contributed by atoms with Crippen LogP contribution in [-0.4, -0.2) is 48.6 Å². The van der Waals surface area contributed by atoms with E-state index in [9.17, 15) is 4.79 Å². The van der Waals surface area contributed by atoms with E-state index in [0.29, 0.717) is 12.1 Å². The third kappa shape index (κ3) is 3.99. The summed E-state index contributed by atoms with van der Waals surface area (Å²) in [6.45, 7) is 3.73. The van der Waals surface area contributed by atoms with E-state index in [-0.39, 0.29) is 11.9 Å². The van der Waals surface area contributed by atoms with Crippen LogP contribution in [0.4, 0.5) is 0 Å². The van der Waals surface area contributed by atoms with Crippen LogP contribution in [0.1, 0.15) is 22.0 Å². The van der Waals surface area contributed by atoms with Crippen molar-refractivity contribution in [3.05, 3.63) is 78.0 Å². The van der Waals surface area contributed by atoms with Crippen molar-refractivity contribution in [2.45, 2.75) is 6.04 Å². The third-order valence-corrected chi connectivity index (χ3v) is 5.00. The van der Waals surface area contributed by atoms with Crippen LogP contribution in [0.25, 0.3) is 10.9 Å². The summed E-state index contributed by atoms with van der Waals surface area (Å²) in [6.07, 6.45) is 1.72. The highest BCUT2D eigenvalue weighted by molar-refractivity contribution is 6.05. The topological polar surface area (TPSA) is 54.5 Å². The van der Waals surface area contributed by atoms with Crippen molar-refractivity contribution in [1.29, 1.82) is 0 Å². The highest BCUT2D eigenvalue weighted by Crippen LogP contribution is 2.22. The Bertz CT molecular complexity index is 902. The Morgan fingerprint density at radius 1 is 1.04 bits per heavy atom. The third-order valence-electron chi connectivity index (χ3n) is 5.00. The Morgan fingerprint density at radius 2 is 1.81 bits per heavy atom. The minimum atomic E-state index is -0.0894. The average Bonchev–Trinajstić information content (AvgIpc) is 2.75. The Hall–Kier alpha value is -2.76.